The summed E-state index contributed by atoms with van der Waals surface area (Å²) in [4.78, 5) is 13.0. The Bertz CT molecular complexity index is 985. The van der Waals surface area contributed by atoms with Crippen LogP contribution < -0.4 is 5.32 Å². The number of aryl methyl sites for hydroxylation is 1. The molecular weight excluding hydrogens is 363 g/mol. The zero-order valence-electron chi connectivity index (χ0n) is 14.3. The second-order valence-electron chi connectivity index (χ2n) is 5.56. The zero-order chi connectivity index (χ0) is 19.6. The molecule has 0 bridgehead atoms. The third-order valence-corrected chi connectivity index (χ3v) is 3.66. The van der Waals surface area contributed by atoms with E-state index < -0.39 is 17.7 Å². The van der Waals surface area contributed by atoms with E-state index in [9.17, 15) is 18.0 Å². The van der Waals surface area contributed by atoms with Gasteiger partial charge in [-0.2, -0.15) is 18.0 Å². The first-order chi connectivity index (χ1) is 12.8. The van der Waals surface area contributed by atoms with Crippen molar-refractivity contribution in [1.82, 2.24) is 20.2 Å². The van der Waals surface area contributed by atoms with Gasteiger partial charge in [0.2, 0.25) is 5.82 Å². The lowest BCUT2D eigenvalue weighted by molar-refractivity contribution is -0.137. The third-order valence-electron chi connectivity index (χ3n) is 3.66. The summed E-state index contributed by atoms with van der Waals surface area (Å²) in [6.07, 6.45) is -4.46. The maximum Gasteiger partial charge on any atom is 0.416 e. The van der Waals surface area contributed by atoms with Gasteiger partial charge in [0.05, 0.1) is 25.3 Å². The first-order valence-corrected chi connectivity index (χ1v) is 7.69. The van der Waals surface area contributed by atoms with Crippen molar-refractivity contribution in [2.24, 2.45) is 7.05 Å². The van der Waals surface area contributed by atoms with Crippen molar-refractivity contribution < 1.29 is 22.7 Å². The van der Waals surface area contributed by atoms with Gasteiger partial charge in [0.15, 0.2) is 0 Å². The molecule has 2 aromatic carbocycles. The molecule has 27 heavy (non-hydrogen) atoms. The standard InChI is InChI=1S/C17H14F3N5O2/c1-25-23-15(22-24-25)13-8-10(16(26)27-2)6-7-14(13)21-12-5-3-4-11(9-12)17(18,19)20/h3-9,21H,1-2H3. The summed E-state index contributed by atoms with van der Waals surface area (Å²) >= 11 is 0. The lowest BCUT2D eigenvalue weighted by atomic mass is 10.1. The van der Waals surface area contributed by atoms with E-state index in [1.807, 2.05) is 0 Å². The Morgan fingerprint density at radius 1 is 1.19 bits per heavy atom. The number of benzene rings is 2. The van der Waals surface area contributed by atoms with Crippen molar-refractivity contribution in [3.05, 3.63) is 53.6 Å². The van der Waals surface area contributed by atoms with Crippen LogP contribution in [-0.4, -0.2) is 33.3 Å². The molecule has 10 heteroatoms. The molecule has 0 radical (unpaired) electrons. The minimum atomic E-state index is -4.46. The highest BCUT2D eigenvalue weighted by atomic mass is 19.4. The number of anilines is 2. The molecule has 0 fully saturated rings. The quantitative estimate of drug-likeness (QED) is 0.702. The number of carbonyl (C=O) groups is 1. The number of aromatic nitrogens is 4. The number of nitrogens with zero attached hydrogens (tertiary/aromatic N) is 4. The summed E-state index contributed by atoms with van der Waals surface area (Å²) in [7, 11) is 2.82. The number of carbonyl (C=O) groups excluding carboxylic acids is 1. The van der Waals surface area contributed by atoms with E-state index >= 15 is 0 Å². The van der Waals surface area contributed by atoms with Crippen LogP contribution in [0.1, 0.15) is 15.9 Å². The zero-order valence-corrected chi connectivity index (χ0v) is 14.3. The molecule has 3 rings (SSSR count). The van der Waals surface area contributed by atoms with E-state index in [0.29, 0.717) is 11.3 Å². The average molecular weight is 377 g/mol. The molecule has 0 spiro atoms. The van der Waals surface area contributed by atoms with Crippen LogP contribution in [0.15, 0.2) is 42.5 Å². The topological polar surface area (TPSA) is 81.9 Å². The molecule has 0 aliphatic heterocycles. The van der Waals surface area contributed by atoms with Gasteiger partial charge in [0.1, 0.15) is 0 Å². The number of rotatable bonds is 4. The van der Waals surface area contributed by atoms with Gasteiger partial charge in [-0.3, -0.25) is 0 Å². The van der Waals surface area contributed by atoms with Gasteiger partial charge in [-0.25, -0.2) is 4.79 Å². The number of ether oxygens (including phenoxy) is 1. The fraction of sp³-hybridized carbons (Fsp3) is 0.176. The monoisotopic (exact) mass is 377 g/mol. The molecule has 0 unspecified atom stereocenters. The van der Waals surface area contributed by atoms with Crippen LogP contribution >= 0.6 is 0 Å². The van der Waals surface area contributed by atoms with E-state index in [1.165, 1.54) is 42.2 Å². The second-order valence-corrected chi connectivity index (χ2v) is 5.56. The van der Waals surface area contributed by atoms with Crippen molar-refractivity contribution in [1.29, 1.82) is 0 Å². The van der Waals surface area contributed by atoms with Gasteiger partial charge >= 0.3 is 12.1 Å². The van der Waals surface area contributed by atoms with Crippen LogP contribution in [0.2, 0.25) is 0 Å². The normalized spacial score (nSPS) is 11.3. The highest BCUT2D eigenvalue weighted by molar-refractivity contribution is 5.93. The van der Waals surface area contributed by atoms with Crippen LogP contribution in [0.25, 0.3) is 11.4 Å². The summed E-state index contributed by atoms with van der Waals surface area (Å²) < 4.78 is 43.5. The molecule has 0 aliphatic rings. The predicted molar refractivity (Wildman–Crippen MR) is 90.3 cm³/mol. The van der Waals surface area contributed by atoms with Crippen molar-refractivity contribution in [2.45, 2.75) is 6.18 Å². The van der Waals surface area contributed by atoms with Crippen molar-refractivity contribution in [3.63, 3.8) is 0 Å². The summed E-state index contributed by atoms with van der Waals surface area (Å²) in [6, 6.07) is 9.28. The van der Waals surface area contributed by atoms with Crippen LogP contribution in [0, 0.1) is 0 Å². The van der Waals surface area contributed by atoms with Gasteiger partial charge < -0.3 is 10.1 Å². The van der Waals surface area contributed by atoms with Crippen LogP contribution in [0.5, 0.6) is 0 Å². The smallest absolute Gasteiger partial charge is 0.416 e. The van der Waals surface area contributed by atoms with E-state index in [-0.39, 0.29) is 17.1 Å². The second kappa shape index (κ2) is 7.06. The molecule has 3 aromatic rings. The van der Waals surface area contributed by atoms with E-state index in [2.05, 4.69) is 20.7 Å². The Balaban J connectivity index is 2.03. The SMILES string of the molecule is COC(=O)c1ccc(Nc2cccc(C(F)(F)F)c2)c(-c2nnn(C)n2)c1. The molecule has 140 valence electrons. The Morgan fingerprint density at radius 3 is 2.59 bits per heavy atom. The molecule has 0 saturated heterocycles. The summed E-state index contributed by atoms with van der Waals surface area (Å²) in [5.41, 5.74) is 0.492. The Labute approximate surface area is 151 Å². The van der Waals surface area contributed by atoms with Crippen LogP contribution in [0.3, 0.4) is 0 Å². The summed E-state index contributed by atoms with van der Waals surface area (Å²) in [5.74, 6) is -0.358. The molecule has 0 saturated carbocycles. The number of hydrogen-bond acceptors (Lipinski definition) is 6. The number of tetrazole rings is 1. The Hall–Kier alpha value is -3.43. The van der Waals surface area contributed by atoms with Gasteiger partial charge in [-0.05, 0) is 41.6 Å². The fourth-order valence-corrected chi connectivity index (χ4v) is 2.40. The van der Waals surface area contributed by atoms with E-state index in [4.69, 9.17) is 4.74 Å². The average Bonchev–Trinajstić information content (AvgIpc) is 3.07. The van der Waals surface area contributed by atoms with Crippen molar-refractivity contribution in [3.8, 4) is 11.4 Å². The Kier molecular flexibility index (Phi) is 4.80. The molecule has 1 N–H and O–H groups in total. The molecule has 1 aromatic heterocycles. The molecule has 1 heterocycles. The number of esters is 1. The number of halogens is 3. The van der Waals surface area contributed by atoms with Crippen LogP contribution in [-0.2, 0) is 18.0 Å². The molecular formula is C17H14F3N5O2. The number of nitrogens with one attached hydrogen (secondary N) is 1. The van der Waals surface area contributed by atoms with Crippen molar-refractivity contribution in [2.75, 3.05) is 12.4 Å². The van der Waals surface area contributed by atoms with Crippen molar-refractivity contribution >= 4 is 17.3 Å². The first kappa shape index (κ1) is 18.4. The molecule has 0 aliphatic carbocycles. The van der Waals surface area contributed by atoms with Gasteiger partial charge in [0.25, 0.3) is 0 Å². The molecule has 7 nitrogen and oxygen atoms in total. The first-order valence-electron chi connectivity index (χ1n) is 7.69. The largest absolute Gasteiger partial charge is 0.465 e. The maximum atomic E-state index is 12.9. The predicted octanol–water partition coefficient (Wildman–Crippen LogP) is 3.43. The lowest BCUT2D eigenvalue weighted by Gasteiger charge is -2.13. The van der Waals surface area contributed by atoms with Gasteiger partial charge in [-0.15, -0.1) is 10.2 Å². The third kappa shape index (κ3) is 4.05. The fourth-order valence-electron chi connectivity index (χ4n) is 2.40. The summed E-state index contributed by atoms with van der Waals surface area (Å²) in [5, 5.41) is 14.6. The highest BCUT2D eigenvalue weighted by Crippen LogP contribution is 2.33. The number of methoxy groups -OCH3 is 1. The lowest BCUT2D eigenvalue weighted by Crippen LogP contribution is -2.06. The van der Waals surface area contributed by atoms with E-state index in [1.54, 1.807) is 7.05 Å². The number of hydrogen-bond donors (Lipinski definition) is 1. The number of alkyl halides is 3. The van der Waals surface area contributed by atoms with Crippen LogP contribution in [0.4, 0.5) is 24.5 Å². The minimum absolute atomic E-state index is 0.206. The van der Waals surface area contributed by atoms with E-state index in [0.717, 1.165) is 12.1 Å². The minimum Gasteiger partial charge on any atom is -0.465 e. The Morgan fingerprint density at radius 2 is 1.96 bits per heavy atom. The molecule has 0 amide bonds. The summed E-state index contributed by atoms with van der Waals surface area (Å²) in [6.45, 7) is 0. The highest BCUT2D eigenvalue weighted by Gasteiger charge is 2.30. The maximum absolute atomic E-state index is 12.9. The van der Waals surface area contributed by atoms with Gasteiger partial charge in [0, 0.05) is 16.9 Å². The molecule has 0 atom stereocenters. The van der Waals surface area contributed by atoms with Gasteiger partial charge in [-0.1, -0.05) is 6.07 Å².